The van der Waals surface area contributed by atoms with Gasteiger partial charge in [0.1, 0.15) is 5.82 Å². The molecule has 0 spiro atoms. The monoisotopic (exact) mass is 262 g/mol. The van der Waals surface area contributed by atoms with Crippen molar-refractivity contribution >= 4 is 0 Å². The highest BCUT2D eigenvalue weighted by atomic mass is 19.1. The third kappa shape index (κ3) is 2.84. The maximum absolute atomic E-state index is 13.9. The molecule has 0 amide bonds. The van der Waals surface area contributed by atoms with Gasteiger partial charge in [0, 0.05) is 24.7 Å². The number of halogens is 1. The Labute approximate surface area is 112 Å². The van der Waals surface area contributed by atoms with E-state index in [1.165, 1.54) is 6.07 Å². The van der Waals surface area contributed by atoms with Gasteiger partial charge in [0.2, 0.25) is 0 Å². The first-order valence-electron chi connectivity index (χ1n) is 6.57. The van der Waals surface area contributed by atoms with Crippen LogP contribution in [-0.2, 0) is 18.6 Å². The van der Waals surface area contributed by atoms with Gasteiger partial charge in [0.15, 0.2) is 0 Å². The highest BCUT2D eigenvalue weighted by molar-refractivity contribution is 5.26. The molecule has 0 saturated heterocycles. The Hall–Kier alpha value is -1.68. The van der Waals surface area contributed by atoms with Crippen molar-refractivity contribution in [2.45, 2.75) is 38.8 Å². The minimum Gasteiger partial charge on any atom is -0.385 e. The van der Waals surface area contributed by atoms with Gasteiger partial charge in [-0.1, -0.05) is 25.1 Å². The minimum atomic E-state index is -1.19. The van der Waals surface area contributed by atoms with Crippen molar-refractivity contribution in [1.29, 1.82) is 0 Å². The quantitative estimate of drug-likeness (QED) is 0.899. The van der Waals surface area contributed by atoms with Gasteiger partial charge in [-0.05, 0) is 25.0 Å². The third-order valence-electron chi connectivity index (χ3n) is 3.47. The van der Waals surface area contributed by atoms with Crippen molar-refractivity contribution in [2.75, 3.05) is 0 Å². The lowest BCUT2D eigenvalue weighted by molar-refractivity contribution is 0.0291. The Kier molecular flexibility index (Phi) is 4.00. The van der Waals surface area contributed by atoms with E-state index in [1.807, 2.05) is 20.0 Å². The van der Waals surface area contributed by atoms with Gasteiger partial charge in [0.05, 0.1) is 11.8 Å². The van der Waals surface area contributed by atoms with Crippen LogP contribution < -0.4 is 0 Å². The van der Waals surface area contributed by atoms with Crippen LogP contribution in [-0.4, -0.2) is 14.9 Å². The summed E-state index contributed by atoms with van der Waals surface area (Å²) in [4.78, 5) is 0. The molecule has 0 aliphatic heterocycles. The Morgan fingerprint density at radius 3 is 2.63 bits per heavy atom. The van der Waals surface area contributed by atoms with E-state index in [0.29, 0.717) is 18.4 Å². The molecule has 0 aliphatic carbocycles. The van der Waals surface area contributed by atoms with Crippen LogP contribution in [0, 0.1) is 5.82 Å². The predicted molar refractivity (Wildman–Crippen MR) is 72.2 cm³/mol. The molecule has 1 aromatic carbocycles. The average molecular weight is 262 g/mol. The standard InChI is InChI=1S/C15H19FN2O/c1-3-15(19,13-7-5-6-8-14(13)16)9-12-10-17-18(4-2)11-12/h5-8,10-11,19H,3-4,9H2,1-2H3. The minimum absolute atomic E-state index is 0.349. The zero-order valence-electron chi connectivity index (χ0n) is 11.3. The second-order valence-electron chi connectivity index (χ2n) is 4.75. The summed E-state index contributed by atoms with van der Waals surface area (Å²) < 4.78 is 15.7. The van der Waals surface area contributed by atoms with Crippen LogP contribution in [0.1, 0.15) is 31.4 Å². The van der Waals surface area contributed by atoms with E-state index in [1.54, 1.807) is 29.1 Å². The molecule has 0 radical (unpaired) electrons. The molecule has 0 aliphatic rings. The molecule has 1 atom stereocenters. The Morgan fingerprint density at radius 2 is 2.05 bits per heavy atom. The second-order valence-corrected chi connectivity index (χ2v) is 4.75. The van der Waals surface area contributed by atoms with Crippen molar-refractivity contribution in [3.05, 3.63) is 53.6 Å². The van der Waals surface area contributed by atoms with Crippen LogP contribution in [0.5, 0.6) is 0 Å². The summed E-state index contributed by atoms with van der Waals surface area (Å²) >= 11 is 0. The normalized spacial score (nSPS) is 14.3. The summed E-state index contributed by atoms with van der Waals surface area (Å²) in [6.07, 6.45) is 4.43. The van der Waals surface area contributed by atoms with Crippen LogP contribution in [0.3, 0.4) is 0 Å². The Morgan fingerprint density at radius 1 is 1.32 bits per heavy atom. The van der Waals surface area contributed by atoms with Crippen LogP contribution in [0.2, 0.25) is 0 Å². The van der Waals surface area contributed by atoms with Gasteiger partial charge in [-0.15, -0.1) is 0 Å². The fourth-order valence-corrected chi connectivity index (χ4v) is 2.26. The van der Waals surface area contributed by atoms with Crippen molar-refractivity contribution in [3.63, 3.8) is 0 Å². The van der Waals surface area contributed by atoms with Gasteiger partial charge in [0.25, 0.3) is 0 Å². The molecule has 4 heteroatoms. The number of aliphatic hydroxyl groups is 1. The zero-order valence-corrected chi connectivity index (χ0v) is 11.3. The van der Waals surface area contributed by atoms with Gasteiger partial charge in [-0.25, -0.2) is 4.39 Å². The number of benzene rings is 1. The lowest BCUT2D eigenvalue weighted by Gasteiger charge is -2.27. The van der Waals surface area contributed by atoms with E-state index >= 15 is 0 Å². The number of aromatic nitrogens is 2. The molecule has 2 rings (SSSR count). The summed E-state index contributed by atoms with van der Waals surface area (Å²) in [6, 6.07) is 6.40. The molecule has 0 fully saturated rings. The van der Waals surface area contributed by atoms with E-state index in [2.05, 4.69) is 5.10 Å². The molecule has 19 heavy (non-hydrogen) atoms. The van der Waals surface area contributed by atoms with E-state index in [9.17, 15) is 9.50 Å². The van der Waals surface area contributed by atoms with Crippen molar-refractivity contribution < 1.29 is 9.50 Å². The summed E-state index contributed by atoms with van der Waals surface area (Å²) in [6.45, 7) is 4.64. The first-order valence-corrected chi connectivity index (χ1v) is 6.57. The number of hydrogen-bond acceptors (Lipinski definition) is 2. The van der Waals surface area contributed by atoms with Crippen LogP contribution in [0.15, 0.2) is 36.7 Å². The van der Waals surface area contributed by atoms with Gasteiger partial charge < -0.3 is 5.11 Å². The predicted octanol–water partition coefficient (Wildman–Crippen LogP) is 2.88. The van der Waals surface area contributed by atoms with E-state index in [0.717, 1.165) is 12.1 Å². The molecule has 1 unspecified atom stereocenters. The maximum atomic E-state index is 13.9. The molecule has 0 saturated carbocycles. The van der Waals surface area contributed by atoms with Crippen molar-refractivity contribution in [1.82, 2.24) is 9.78 Å². The summed E-state index contributed by atoms with van der Waals surface area (Å²) in [5.41, 5.74) is 0.0728. The van der Waals surface area contributed by atoms with E-state index in [-0.39, 0.29) is 5.82 Å². The average Bonchev–Trinajstić information content (AvgIpc) is 2.86. The molecule has 1 N–H and O–H groups in total. The number of hydrogen-bond donors (Lipinski definition) is 1. The molecule has 3 nitrogen and oxygen atoms in total. The van der Waals surface area contributed by atoms with Gasteiger partial charge >= 0.3 is 0 Å². The second kappa shape index (κ2) is 5.53. The molecular formula is C15H19FN2O. The summed E-state index contributed by atoms with van der Waals surface area (Å²) in [7, 11) is 0. The molecule has 0 bridgehead atoms. The van der Waals surface area contributed by atoms with E-state index in [4.69, 9.17) is 0 Å². The molecule has 2 aromatic rings. The van der Waals surface area contributed by atoms with Crippen LogP contribution >= 0.6 is 0 Å². The molecule has 1 aromatic heterocycles. The van der Waals surface area contributed by atoms with Crippen molar-refractivity contribution in [2.24, 2.45) is 0 Å². The lowest BCUT2D eigenvalue weighted by Crippen LogP contribution is -2.28. The first-order chi connectivity index (χ1) is 9.09. The first kappa shape index (κ1) is 13.7. The third-order valence-corrected chi connectivity index (χ3v) is 3.47. The Balaban J connectivity index is 2.30. The van der Waals surface area contributed by atoms with Crippen LogP contribution in [0.4, 0.5) is 4.39 Å². The maximum Gasteiger partial charge on any atom is 0.129 e. The summed E-state index contributed by atoms with van der Waals surface area (Å²) in [5.74, 6) is -0.366. The van der Waals surface area contributed by atoms with Crippen molar-refractivity contribution in [3.8, 4) is 0 Å². The molecule has 1 heterocycles. The lowest BCUT2D eigenvalue weighted by atomic mass is 9.85. The zero-order chi connectivity index (χ0) is 13.9. The highest BCUT2D eigenvalue weighted by Crippen LogP contribution is 2.30. The number of nitrogens with zero attached hydrogens (tertiary/aromatic N) is 2. The largest absolute Gasteiger partial charge is 0.385 e. The smallest absolute Gasteiger partial charge is 0.129 e. The summed E-state index contributed by atoms with van der Waals surface area (Å²) in [5, 5.41) is 14.9. The molecule has 102 valence electrons. The topological polar surface area (TPSA) is 38.0 Å². The van der Waals surface area contributed by atoms with Gasteiger partial charge in [-0.3, -0.25) is 4.68 Å². The fourth-order valence-electron chi connectivity index (χ4n) is 2.26. The fraction of sp³-hybridized carbons (Fsp3) is 0.400. The Bertz CT molecular complexity index is 553. The number of aryl methyl sites for hydroxylation is 1. The number of rotatable bonds is 5. The van der Waals surface area contributed by atoms with E-state index < -0.39 is 5.60 Å². The highest BCUT2D eigenvalue weighted by Gasteiger charge is 2.30. The molecular weight excluding hydrogens is 243 g/mol. The van der Waals surface area contributed by atoms with Crippen LogP contribution in [0.25, 0.3) is 0 Å². The van der Waals surface area contributed by atoms with Gasteiger partial charge in [-0.2, -0.15) is 5.10 Å². The SMILES string of the molecule is CCn1cc(CC(O)(CC)c2ccccc2F)cn1.